The fourth-order valence-corrected chi connectivity index (χ4v) is 12.1. The van der Waals surface area contributed by atoms with E-state index in [9.17, 15) is 62.6 Å². The standard InChI is InChI=1S/C68H74N10O16/c1-4-38(2)61(66(90)73-39(3)62(86)70-32-56(79)74-54(64(88)72-34-60(84)85)30-40-31-69-52-25-14-13-16-41(40)52)76-57(80)33-71-63(87)53(27-28-59(82)83)75-65(89)55-26-15-29-77(55)58(81)35-78(67(91)93-36-50-46-21-9-5-17-42(46)43-18-6-10-22-47(43)50)68(92)94-37-51-48-23-11-7-19-44(48)45-20-8-12-24-49(45)51/h5-14,16-25,31,38-39,50-51,53-55,61,69H,4,15,26-30,32-37H2,1-3H3,(H,70,86)(H,71,87)(H,72,88)(H,73,90)(H,74,79)(H,75,89)(H,76,80)(H,82,83)(H,84,85)/t38-,39-,53-,54-,55-,61-/m0/s1. The molecule has 10 N–H and O–H groups in total. The number of nitrogens with zero attached hydrogens (tertiary/aromatic N) is 2. The van der Waals surface area contributed by atoms with Gasteiger partial charge in [0.1, 0.15) is 56.5 Å². The summed E-state index contributed by atoms with van der Waals surface area (Å²) in [7, 11) is 0. The van der Waals surface area contributed by atoms with Crippen LogP contribution in [0.15, 0.2) is 128 Å². The van der Waals surface area contributed by atoms with Crippen LogP contribution >= 0.6 is 0 Å². The van der Waals surface area contributed by atoms with Crippen LogP contribution in [0.5, 0.6) is 0 Å². The van der Waals surface area contributed by atoms with Crippen molar-refractivity contribution in [2.75, 3.05) is 45.9 Å². The van der Waals surface area contributed by atoms with Gasteiger partial charge in [0.15, 0.2) is 0 Å². The van der Waals surface area contributed by atoms with E-state index >= 15 is 0 Å². The number of amides is 10. The van der Waals surface area contributed by atoms with Crippen molar-refractivity contribution in [3.05, 3.63) is 155 Å². The van der Waals surface area contributed by atoms with Gasteiger partial charge in [0.25, 0.3) is 0 Å². The molecule has 1 aliphatic heterocycles. The number of aromatic nitrogens is 1. The van der Waals surface area contributed by atoms with E-state index in [1.807, 2.05) is 109 Å². The van der Waals surface area contributed by atoms with Crippen molar-refractivity contribution in [1.82, 2.24) is 52.0 Å². The van der Waals surface area contributed by atoms with Gasteiger partial charge in [-0.05, 0) is 88.2 Å². The summed E-state index contributed by atoms with van der Waals surface area (Å²) >= 11 is 0. The Morgan fingerprint density at radius 3 is 1.63 bits per heavy atom. The molecule has 0 saturated carbocycles. The van der Waals surface area contributed by atoms with Gasteiger partial charge >= 0.3 is 24.1 Å². The third kappa shape index (κ3) is 16.2. The Labute approximate surface area is 540 Å². The quantitative estimate of drug-likeness (QED) is 0.0329. The van der Waals surface area contributed by atoms with Crippen molar-refractivity contribution < 1.29 is 77.2 Å². The molecule has 2 aliphatic carbocycles. The van der Waals surface area contributed by atoms with Crippen LogP contribution in [0, 0.1) is 5.92 Å². The highest BCUT2D eigenvalue weighted by Gasteiger charge is 2.41. The maximum absolute atomic E-state index is 14.5. The van der Waals surface area contributed by atoms with Crippen LogP contribution in [0.25, 0.3) is 33.2 Å². The minimum Gasteiger partial charge on any atom is -0.481 e. The fourth-order valence-electron chi connectivity index (χ4n) is 12.1. The average molecular weight is 1290 g/mol. The monoisotopic (exact) mass is 1290 g/mol. The zero-order valence-corrected chi connectivity index (χ0v) is 51.9. The summed E-state index contributed by atoms with van der Waals surface area (Å²) in [6.45, 7) is 1.25. The van der Waals surface area contributed by atoms with Crippen LogP contribution in [0.2, 0.25) is 0 Å². The Balaban J connectivity index is 0.801. The van der Waals surface area contributed by atoms with Crippen LogP contribution in [0.3, 0.4) is 0 Å². The third-order valence-corrected chi connectivity index (χ3v) is 17.1. The number of carbonyl (C=O) groups excluding carboxylic acids is 10. The number of carboxylic acids is 2. The molecule has 0 unspecified atom stereocenters. The molecule has 0 bridgehead atoms. The maximum Gasteiger partial charge on any atom is 0.419 e. The first-order chi connectivity index (χ1) is 45.2. The lowest BCUT2D eigenvalue weighted by atomic mass is 9.98. The van der Waals surface area contributed by atoms with Gasteiger partial charge in [-0.2, -0.15) is 0 Å². The second kappa shape index (κ2) is 30.9. The van der Waals surface area contributed by atoms with E-state index in [-0.39, 0.29) is 39.0 Å². The molecule has 26 heteroatoms. The molecule has 1 fully saturated rings. The minimum absolute atomic E-state index is 0.00799. The van der Waals surface area contributed by atoms with Crippen LogP contribution in [0.1, 0.15) is 92.5 Å². The van der Waals surface area contributed by atoms with Crippen molar-refractivity contribution in [3.63, 3.8) is 0 Å². The number of rotatable bonds is 28. The van der Waals surface area contributed by atoms with Crippen molar-refractivity contribution in [2.24, 2.45) is 5.92 Å². The lowest BCUT2D eigenvalue weighted by Crippen LogP contribution is -2.57. The van der Waals surface area contributed by atoms with E-state index in [1.54, 1.807) is 32.2 Å². The molecular weight excluding hydrogens is 1210 g/mol. The number of para-hydroxylation sites is 1. The van der Waals surface area contributed by atoms with E-state index in [0.717, 1.165) is 60.3 Å². The van der Waals surface area contributed by atoms with Crippen molar-refractivity contribution >= 4 is 82.3 Å². The number of carboxylic acid groups (broad SMARTS) is 2. The Morgan fingerprint density at radius 2 is 1.09 bits per heavy atom. The highest BCUT2D eigenvalue weighted by atomic mass is 16.6. The lowest BCUT2D eigenvalue weighted by molar-refractivity contribution is -0.140. The molecule has 1 saturated heterocycles. The van der Waals surface area contributed by atoms with Crippen LogP contribution in [-0.4, -0.2) is 173 Å². The number of hydrogen-bond acceptors (Lipinski definition) is 14. The number of aromatic amines is 1. The Kier molecular flexibility index (Phi) is 22.2. The summed E-state index contributed by atoms with van der Waals surface area (Å²) in [4.78, 5) is 166. The van der Waals surface area contributed by atoms with Gasteiger partial charge in [0.2, 0.25) is 47.3 Å². The first-order valence-corrected chi connectivity index (χ1v) is 31.0. The summed E-state index contributed by atoms with van der Waals surface area (Å²) in [6.07, 6.45) is -1.10. The second-order valence-corrected chi connectivity index (χ2v) is 23.3. The number of nitrogens with one attached hydrogen (secondary N) is 8. The van der Waals surface area contributed by atoms with E-state index in [2.05, 4.69) is 42.2 Å². The van der Waals surface area contributed by atoms with E-state index < -0.39 is 158 Å². The molecule has 94 heavy (non-hydrogen) atoms. The van der Waals surface area contributed by atoms with Crippen molar-refractivity contribution in [3.8, 4) is 22.3 Å². The highest BCUT2D eigenvalue weighted by Crippen LogP contribution is 2.46. The zero-order chi connectivity index (χ0) is 67.2. The predicted octanol–water partition coefficient (Wildman–Crippen LogP) is 4.20. The zero-order valence-electron chi connectivity index (χ0n) is 51.9. The van der Waals surface area contributed by atoms with Gasteiger partial charge in [-0.3, -0.25) is 47.9 Å². The Bertz CT molecular complexity index is 3690. The molecule has 492 valence electrons. The smallest absolute Gasteiger partial charge is 0.419 e. The lowest BCUT2D eigenvalue weighted by Gasteiger charge is -2.28. The number of ether oxygens (including phenoxy) is 2. The molecular formula is C68H74N10O16. The normalized spacial score (nSPS) is 15.2. The molecule has 2 heterocycles. The number of hydrogen-bond donors (Lipinski definition) is 10. The molecule has 0 spiro atoms. The van der Waals surface area contributed by atoms with E-state index in [0.29, 0.717) is 16.9 Å². The van der Waals surface area contributed by atoms with Crippen LogP contribution < -0.4 is 37.2 Å². The molecule has 26 nitrogen and oxygen atoms in total. The average Bonchev–Trinajstić information content (AvgIpc) is 1.63. The molecule has 10 amide bonds. The third-order valence-electron chi connectivity index (χ3n) is 17.1. The van der Waals surface area contributed by atoms with E-state index in [4.69, 9.17) is 14.6 Å². The summed E-state index contributed by atoms with van der Waals surface area (Å²) in [6, 6.07) is 31.2. The van der Waals surface area contributed by atoms with Crippen LogP contribution in [0.4, 0.5) is 9.59 Å². The van der Waals surface area contributed by atoms with Gasteiger partial charge in [-0.1, -0.05) is 136 Å². The summed E-state index contributed by atoms with van der Waals surface area (Å²) < 4.78 is 11.8. The fraction of sp³-hybridized carbons (Fsp3) is 0.353. The molecule has 0 radical (unpaired) electrons. The molecule has 3 aliphatic rings. The maximum atomic E-state index is 14.5. The minimum atomic E-state index is -1.57. The van der Waals surface area contributed by atoms with Crippen LogP contribution in [-0.2, 0) is 63.8 Å². The number of imide groups is 1. The number of likely N-dealkylation sites (tertiary alicyclic amines) is 1. The largest absolute Gasteiger partial charge is 0.481 e. The van der Waals surface area contributed by atoms with Gasteiger partial charge in [0, 0.05) is 48.3 Å². The van der Waals surface area contributed by atoms with Crippen molar-refractivity contribution in [2.45, 2.75) is 101 Å². The topological polar surface area (TPSA) is 370 Å². The Morgan fingerprint density at radius 1 is 0.585 bits per heavy atom. The highest BCUT2D eigenvalue weighted by molar-refractivity contribution is 5.99. The first-order valence-electron chi connectivity index (χ1n) is 31.0. The predicted molar refractivity (Wildman–Crippen MR) is 340 cm³/mol. The van der Waals surface area contributed by atoms with Gasteiger partial charge in [-0.25, -0.2) is 14.5 Å². The molecule has 6 atom stereocenters. The van der Waals surface area contributed by atoms with E-state index in [1.165, 1.54) is 6.92 Å². The number of benzene rings is 5. The Hall–Kier alpha value is -10.9. The van der Waals surface area contributed by atoms with Crippen molar-refractivity contribution in [1.29, 1.82) is 0 Å². The number of aliphatic carboxylic acids is 2. The molecule has 6 aromatic rings. The number of carbonyl (C=O) groups is 12. The number of H-pyrrole nitrogens is 1. The second-order valence-electron chi connectivity index (χ2n) is 23.3. The summed E-state index contributed by atoms with van der Waals surface area (Å²) in [5.74, 6) is -10.8. The number of fused-ring (bicyclic) bond motifs is 7. The first kappa shape index (κ1) is 67.5. The molecule has 1 aromatic heterocycles. The molecule has 9 rings (SSSR count). The van der Waals surface area contributed by atoms with Gasteiger partial charge in [0.05, 0.1) is 13.1 Å². The summed E-state index contributed by atoms with van der Waals surface area (Å²) in [5, 5.41) is 36.7. The summed E-state index contributed by atoms with van der Waals surface area (Å²) in [5.41, 5.74) is 8.86. The van der Waals surface area contributed by atoms with Gasteiger partial charge in [-0.15, -0.1) is 0 Å². The van der Waals surface area contributed by atoms with Gasteiger partial charge < -0.3 is 66.8 Å². The SMILES string of the molecule is CC[C@H](C)[C@H](NC(=O)CNC(=O)[C@H](CCC(=O)O)NC(=O)[C@@H]1CCCN1C(=O)CN(C(=O)OCC1c2ccccc2-c2ccccc21)C(=O)OCC1c2ccccc2-c2ccccc21)C(=O)N[C@@H](C)C(=O)NCC(=O)N[C@@H](Cc1c[nH]c2ccccc12)C(=O)NCC(=O)O. The molecule has 5 aromatic carbocycles.